The number of hydrogen-bond acceptors (Lipinski definition) is 6. The fourth-order valence-electron chi connectivity index (χ4n) is 3.76. The van der Waals surface area contributed by atoms with Gasteiger partial charge in [-0.3, -0.25) is 5.32 Å². The van der Waals surface area contributed by atoms with Gasteiger partial charge in [-0.2, -0.15) is 13.2 Å². The van der Waals surface area contributed by atoms with E-state index < -0.39 is 42.2 Å². The standard InChI is InChI=1S/C19H22F3N3O6/c20-19(21,22)11-2-1-3-12(8-11)23-18(27)31-14-10-30-15-13(9-29-16(14)15)24-17(26)25-4-6-28-7-5-25/h1-3,8,13-16H,4-7,9-10H2,(H,23,27)(H,24,26)/t13-,14-,15-,16+/m0/s1. The van der Waals surface area contributed by atoms with Crippen LogP contribution < -0.4 is 10.6 Å². The molecule has 1 aromatic carbocycles. The first kappa shape index (κ1) is 21.7. The molecule has 4 atom stereocenters. The number of carbonyl (C=O) groups is 2. The summed E-state index contributed by atoms with van der Waals surface area (Å²) in [6.45, 7) is 2.20. The lowest BCUT2D eigenvalue weighted by atomic mass is 10.1. The highest BCUT2D eigenvalue weighted by atomic mass is 19.4. The Kier molecular flexibility index (Phi) is 6.21. The minimum atomic E-state index is -4.52. The normalized spacial score (nSPS) is 28.2. The van der Waals surface area contributed by atoms with Gasteiger partial charge >= 0.3 is 18.3 Å². The number of fused-ring (bicyclic) bond motifs is 1. The summed E-state index contributed by atoms with van der Waals surface area (Å²) in [5.41, 5.74) is -0.925. The molecule has 0 radical (unpaired) electrons. The summed E-state index contributed by atoms with van der Waals surface area (Å²) in [6, 6.07) is 3.60. The molecule has 3 aliphatic heterocycles. The van der Waals surface area contributed by atoms with Crippen molar-refractivity contribution in [1.82, 2.24) is 10.2 Å². The molecule has 0 aromatic heterocycles. The minimum Gasteiger partial charge on any atom is -0.441 e. The van der Waals surface area contributed by atoms with E-state index in [4.69, 9.17) is 18.9 Å². The van der Waals surface area contributed by atoms with Crippen LogP contribution in [-0.4, -0.2) is 80.9 Å². The highest BCUT2D eigenvalue weighted by Crippen LogP contribution is 2.31. The summed E-state index contributed by atoms with van der Waals surface area (Å²) in [4.78, 5) is 26.2. The molecule has 3 heterocycles. The number of nitrogens with one attached hydrogen (secondary N) is 2. The molecular weight excluding hydrogens is 423 g/mol. The van der Waals surface area contributed by atoms with Crippen LogP contribution in [0.3, 0.4) is 0 Å². The molecule has 1 aromatic rings. The number of anilines is 1. The third-order valence-corrected chi connectivity index (χ3v) is 5.31. The number of ether oxygens (including phenoxy) is 4. The monoisotopic (exact) mass is 445 g/mol. The molecule has 3 fully saturated rings. The van der Waals surface area contributed by atoms with Crippen LogP contribution in [0.2, 0.25) is 0 Å². The van der Waals surface area contributed by atoms with E-state index in [1.165, 1.54) is 12.1 Å². The Morgan fingerprint density at radius 3 is 2.58 bits per heavy atom. The molecule has 0 saturated carbocycles. The molecule has 2 N–H and O–H groups in total. The lowest BCUT2D eigenvalue weighted by molar-refractivity contribution is -0.137. The van der Waals surface area contributed by atoms with E-state index in [0.717, 1.165) is 12.1 Å². The van der Waals surface area contributed by atoms with E-state index in [-0.39, 0.29) is 24.9 Å². The Morgan fingerprint density at radius 2 is 1.84 bits per heavy atom. The maximum absolute atomic E-state index is 12.8. The number of nitrogens with zero attached hydrogens (tertiary/aromatic N) is 1. The van der Waals surface area contributed by atoms with E-state index in [0.29, 0.717) is 26.3 Å². The number of carbonyl (C=O) groups excluding carboxylic acids is 2. The molecule has 0 unspecified atom stereocenters. The van der Waals surface area contributed by atoms with Gasteiger partial charge in [0.05, 0.1) is 38.0 Å². The van der Waals surface area contributed by atoms with Gasteiger partial charge < -0.3 is 29.2 Å². The fraction of sp³-hybridized carbons (Fsp3) is 0.579. The Hall–Kier alpha value is -2.57. The quantitative estimate of drug-likeness (QED) is 0.737. The van der Waals surface area contributed by atoms with Gasteiger partial charge in [0.2, 0.25) is 0 Å². The van der Waals surface area contributed by atoms with E-state index in [1.54, 1.807) is 4.90 Å². The van der Waals surface area contributed by atoms with Crippen LogP contribution in [-0.2, 0) is 25.1 Å². The van der Waals surface area contributed by atoms with Crippen LogP contribution >= 0.6 is 0 Å². The van der Waals surface area contributed by atoms with Crippen LogP contribution in [0, 0.1) is 0 Å². The number of benzene rings is 1. The van der Waals surface area contributed by atoms with E-state index in [1.807, 2.05) is 0 Å². The van der Waals surface area contributed by atoms with Crippen molar-refractivity contribution in [1.29, 1.82) is 0 Å². The molecule has 170 valence electrons. The largest absolute Gasteiger partial charge is 0.441 e. The molecule has 0 spiro atoms. The number of hydrogen-bond donors (Lipinski definition) is 2. The van der Waals surface area contributed by atoms with Crippen molar-refractivity contribution in [3.63, 3.8) is 0 Å². The molecular formula is C19H22F3N3O6. The van der Waals surface area contributed by atoms with Crippen molar-refractivity contribution in [2.75, 3.05) is 44.8 Å². The van der Waals surface area contributed by atoms with Crippen molar-refractivity contribution in [3.8, 4) is 0 Å². The highest BCUT2D eigenvalue weighted by Gasteiger charge is 2.50. The smallest absolute Gasteiger partial charge is 0.416 e. The third kappa shape index (κ3) is 5.02. The average Bonchev–Trinajstić information content (AvgIpc) is 3.32. The van der Waals surface area contributed by atoms with Gasteiger partial charge in [0.15, 0.2) is 6.10 Å². The van der Waals surface area contributed by atoms with E-state index in [2.05, 4.69) is 10.6 Å². The first-order valence-corrected chi connectivity index (χ1v) is 9.82. The van der Waals surface area contributed by atoms with Crippen molar-refractivity contribution >= 4 is 17.8 Å². The summed E-state index contributed by atoms with van der Waals surface area (Å²) in [5, 5.41) is 5.16. The molecule has 0 aliphatic carbocycles. The topological polar surface area (TPSA) is 98.4 Å². The Labute approximate surface area is 175 Å². The summed E-state index contributed by atoms with van der Waals surface area (Å²) >= 11 is 0. The summed E-state index contributed by atoms with van der Waals surface area (Å²) in [7, 11) is 0. The van der Waals surface area contributed by atoms with Gasteiger partial charge in [0.25, 0.3) is 0 Å². The van der Waals surface area contributed by atoms with Crippen LogP contribution in [0.5, 0.6) is 0 Å². The lowest BCUT2D eigenvalue weighted by Crippen LogP contribution is -2.52. The predicted octanol–water partition coefficient (Wildman–Crippen LogP) is 1.83. The van der Waals surface area contributed by atoms with E-state index >= 15 is 0 Å². The average molecular weight is 445 g/mol. The Morgan fingerprint density at radius 1 is 1.10 bits per heavy atom. The zero-order valence-corrected chi connectivity index (χ0v) is 16.4. The summed E-state index contributed by atoms with van der Waals surface area (Å²) < 4.78 is 60.3. The first-order chi connectivity index (χ1) is 14.8. The van der Waals surface area contributed by atoms with Crippen LogP contribution in [0.25, 0.3) is 0 Å². The summed E-state index contributed by atoms with van der Waals surface area (Å²) in [5.74, 6) is 0. The molecule has 9 nitrogen and oxygen atoms in total. The second kappa shape index (κ2) is 8.89. The number of halogens is 3. The number of urea groups is 1. The zero-order chi connectivity index (χ0) is 22.0. The molecule has 12 heteroatoms. The van der Waals surface area contributed by atoms with Crippen molar-refractivity contribution in [2.24, 2.45) is 0 Å². The Bertz CT molecular complexity index is 817. The molecule has 3 saturated heterocycles. The van der Waals surface area contributed by atoms with E-state index in [9.17, 15) is 22.8 Å². The second-order valence-electron chi connectivity index (χ2n) is 7.40. The predicted molar refractivity (Wildman–Crippen MR) is 99.5 cm³/mol. The maximum Gasteiger partial charge on any atom is 0.416 e. The number of rotatable bonds is 3. The third-order valence-electron chi connectivity index (χ3n) is 5.31. The minimum absolute atomic E-state index is 0.0433. The number of morpholine rings is 1. The molecule has 3 aliphatic rings. The fourth-order valence-corrected chi connectivity index (χ4v) is 3.76. The van der Waals surface area contributed by atoms with Crippen molar-refractivity contribution in [2.45, 2.75) is 30.5 Å². The molecule has 4 rings (SSSR count). The molecule has 0 bridgehead atoms. The van der Waals surface area contributed by atoms with Crippen LogP contribution in [0.15, 0.2) is 24.3 Å². The number of alkyl halides is 3. The van der Waals surface area contributed by atoms with Gasteiger partial charge in [-0.1, -0.05) is 6.07 Å². The van der Waals surface area contributed by atoms with Crippen molar-refractivity contribution in [3.05, 3.63) is 29.8 Å². The second-order valence-corrected chi connectivity index (χ2v) is 7.40. The van der Waals surface area contributed by atoms with Gasteiger partial charge in [-0.15, -0.1) is 0 Å². The van der Waals surface area contributed by atoms with Gasteiger partial charge in [0, 0.05) is 18.8 Å². The molecule has 31 heavy (non-hydrogen) atoms. The summed E-state index contributed by atoms with van der Waals surface area (Å²) in [6.07, 6.45) is -7.26. The number of amides is 3. The lowest BCUT2D eigenvalue weighted by Gasteiger charge is -2.29. The van der Waals surface area contributed by atoms with Crippen LogP contribution in [0.1, 0.15) is 5.56 Å². The maximum atomic E-state index is 12.8. The van der Waals surface area contributed by atoms with Gasteiger partial charge in [0.1, 0.15) is 12.2 Å². The van der Waals surface area contributed by atoms with Gasteiger partial charge in [-0.05, 0) is 18.2 Å². The first-order valence-electron chi connectivity index (χ1n) is 9.82. The zero-order valence-electron chi connectivity index (χ0n) is 16.4. The van der Waals surface area contributed by atoms with Crippen LogP contribution in [0.4, 0.5) is 28.4 Å². The molecule has 3 amide bonds. The van der Waals surface area contributed by atoms with Crippen molar-refractivity contribution < 1.29 is 41.7 Å². The SMILES string of the molecule is O=C(Nc1cccc(C(F)(F)F)c1)O[C@H]1CO[C@@H]2[C@@H]1OC[C@@H]2NC(=O)N1CCOCC1. The highest BCUT2D eigenvalue weighted by molar-refractivity contribution is 5.84. The Balaban J connectivity index is 1.29. The van der Waals surface area contributed by atoms with Gasteiger partial charge in [-0.25, -0.2) is 9.59 Å².